The smallest absolute Gasteiger partial charge is 0.347 e. The number of nitrogens with one attached hydrogen (secondary N) is 1. The number of hydrogen-bond acceptors (Lipinski definition) is 23. The van der Waals surface area contributed by atoms with E-state index in [9.17, 15) is 52.7 Å². The largest absolute Gasteiger partial charge is 0.497 e. The minimum Gasteiger partial charge on any atom is -0.497 e. The minimum absolute atomic E-state index is 0.0464. The first-order chi connectivity index (χ1) is 59.9. The van der Waals surface area contributed by atoms with Crippen LogP contribution in [0.1, 0.15) is 80.1 Å². The fourth-order valence-electron chi connectivity index (χ4n) is 15.2. The Morgan fingerprint density at radius 1 is 0.371 bits per heavy atom. The second-order valence-electron chi connectivity index (χ2n) is 29.9. The van der Waals surface area contributed by atoms with Gasteiger partial charge in [0.2, 0.25) is 5.91 Å². The molecule has 27 heteroatoms. The number of hydrogen-bond donors (Lipinski definition) is 1. The molecule has 15 rings (SSSR count). The standard InChI is InChI=1S/C26H27NO6.C25H26N2O5.C25H25NO6.C21H20O6/c1-3-31-26(30)19-10-7-13-27(16-19)25(29)17(2)32-20-11-12-21-22(18-8-5-4-6-9-18)15-24(28)33-23(21)14-20;1-16(25(30)27-12-6-9-18(15-27)24(29)26-2)31-19-10-11-20-21(17-7-4-3-5-8-17)14-23(28)32-22(20)13-19;1-16(24(28)26-12-10-18(11-13-26)25(29)30-2)31-19-8-9-20-21(17-6-4-3-5-7-17)15-23(27)32-22(20)14-19;1-4-25-21(23)13(2)26-16-9-10-17-18(12-20(22)27-19(17)11-16)14-5-7-15(24-3)8-6-14/h4-6,8-9,11-12,14-15,17,19H,3,7,10,13,16H2,1-2H3;3-5,7-8,10-11,13-14,16,18H,6,9,12,15H2,1-2H3,(H,26,29);3-9,14-16,18H,10-13H2,1-2H3;5-13H,4H2,1-3H3/t17?,19-;;;/m0.../s1. The van der Waals surface area contributed by atoms with Crippen LogP contribution in [0.3, 0.4) is 0 Å². The third-order valence-corrected chi connectivity index (χ3v) is 21.5. The Morgan fingerprint density at radius 3 is 1.05 bits per heavy atom. The first kappa shape index (κ1) is 89.2. The molecule has 0 aliphatic carbocycles. The Bertz CT molecular complexity index is 6040. The number of amides is 4. The summed E-state index contributed by atoms with van der Waals surface area (Å²) in [5, 5.41) is 5.76. The number of fused-ring (bicyclic) bond motifs is 4. The SMILES string of the molecule is CCOC(=O)C(C)Oc1ccc2c(-c3ccc(OC)cc3)cc(=O)oc2c1.CCOC(=O)[C@H]1CCCN(C(=O)C(C)Oc2ccc3c(-c4ccccc4)cc(=O)oc3c2)C1.CNC(=O)C1CCCN(C(=O)C(C)Oc2ccc3c(-c4ccccc4)cc(=O)oc3c2)C1.COC(=O)C1CCN(C(=O)C(C)Oc2ccc3c(-c4ccccc4)cc(=O)oc3c2)CC1. The number of esters is 3. The van der Waals surface area contributed by atoms with Crippen LogP contribution in [0.2, 0.25) is 0 Å². The van der Waals surface area contributed by atoms with E-state index in [1.165, 1.54) is 31.4 Å². The molecule has 27 nitrogen and oxygen atoms in total. The van der Waals surface area contributed by atoms with Gasteiger partial charge in [-0.15, -0.1) is 0 Å². The van der Waals surface area contributed by atoms with E-state index >= 15 is 0 Å². The van der Waals surface area contributed by atoms with Crippen molar-refractivity contribution < 1.29 is 89.1 Å². The second-order valence-corrected chi connectivity index (χ2v) is 29.9. The molecule has 7 heterocycles. The number of carbonyl (C=O) groups excluding carboxylic acids is 7. The van der Waals surface area contributed by atoms with Crippen LogP contribution in [0.5, 0.6) is 28.7 Å². The molecule has 0 radical (unpaired) electrons. The molecule has 4 amide bonds. The number of likely N-dealkylation sites (tertiary alicyclic amines) is 3. The monoisotopic (exact) mass is 1690 g/mol. The Kier molecular flexibility index (Phi) is 30.1. The summed E-state index contributed by atoms with van der Waals surface area (Å²) < 4.78 is 64.8. The maximum atomic E-state index is 13.0. The molecule has 3 aliphatic heterocycles. The zero-order valence-corrected chi connectivity index (χ0v) is 70.4. The molecule has 3 fully saturated rings. The first-order valence-corrected chi connectivity index (χ1v) is 41.2. The molecule has 1 N–H and O–H groups in total. The topological polar surface area (TPSA) is 336 Å². The number of methoxy groups -OCH3 is 2. The van der Waals surface area contributed by atoms with Gasteiger partial charge in [0, 0.05) is 116 Å². The van der Waals surface area contributed by atoms with Gasteiger partial charge in [-0.2, -0.15) is 0 Å². The Labute approximate surface area is 714 Å². The summed E-state index contributed by atoms with van der Waals surface area (Å²) in [6.45, 7) is 13.6. The van der Waals surface area contributed by atoms with Crippen molar-refractivity contribution in [1.82, 2.24) is 20.0 Å². The summed E-state index contributed by atoms with van der Waals surface area (Å²) in [5.41, 5.74) is 6.40. The summed E-state index contributed by atoms with van der Waals surface area (Å²) >= 11 is 0. The highest BCUT2D eigenvalue weighted by molar-refractivity contribution is 5.98. The Morgan fingerprint density at radius 2 is 0.702 bits per heavy atom. The van der Waals surface area contributed by atoms with Crippen molar-refractivity contribution in [2.45, 2.75) is 104 Å². The lowest BCUT2D eigenvalue weighted by molar-refractivity contribution is -0.153. The fourth-order valence-corrected chi connectivity index (χ4v) is 15.2. The van der Waals surface area contributed by atoms with Crippen molar-refractivity contribution in [3.05, 3.63) is 254 Å². The van der Waals surface area contributed by atoms with Crippen LogP contribution in [0.25, 0.3) is 88.4 Å². The second kappa shape index (κ2) is 41.9. The molecule has 0 spiro atoms. The lowest BCUT2D eigenvalue weighted by atomic mass is 9.97. The summed E-state index contributed by atoms with van der Waals surface area (Å²) in [6, 6.07) is 62.9. The van der Waals surface area contributed by atoms with E-state index in [1.54, 1.807) is 125 Å². The van der Waals surface area contributed by atoms with Crippen molar-refractivity contribution in [1.29, 1.82) is 0 Å². The van der Waals surface area contributed by atoms with Crippen LogP contribution >= 0.6 is 0 Å². The molecule has 4 aromatic heterocycles. The van der Waals surface area contributed by atoms with Crippen molar-refractivity contribution in [3.63, 3.8) is 0 Å². The highest BCUT2D eigenvalue weighted by Crippen LogP contribution is 2.36. The minimum atomic E-state index is -0.765. The van der Waals surface area contributed by atoms with Gasteiger partial charge in [-0.25, -0.2) is 24.0 Å². The molecule has 3 aliphatic rings. The van der Waals surface area contributed by atoms with Crippen LogP contribution in [-0.4, -0.2) is 154 Å². The number of ether oxygens (including phenoxy) is 8. The third kappa shape index (κ3) is 22.5. The molecular weight excluding hydrogens is 1590 g/mol. The highest BCUT2D eigenvalue weighted by atomic mass is 16.6. The van der Waals surface area contributed by atoms with Gasteiger partial charge in [-0.05, 0) is 185 Å². The zero-order valence-electron chi connectivity index (χ0n) is 70.4. The van der Waals surface area contributed by atoms with Gasteiger partial charge >= 0.3 is 40.4 Å². The molecular formula is C97H98N4O23. The molecule has 6 atom stereocenters. The molecule has 124 heavy (non-hydrogen) atoms. The van der Waals surface area contributed by atoms with Crippen LogP contribution < -0.4 is 51.5 Å². The number of rotatable bonds is 22. The lowest BCUT2D eigenvalue weighted by Crippen LogP contribution is -2.48. The Hall–Kier alpha value is -14.1. The van der Waals surface area contributed by atoms with E-state index in [1.807, 2.05) is 133 Å². The predicted molar refractivity (Wildman–Crippen MR) is 466 cm³/mol. The van der Waals surface area contributed by atoms with Crippen molar-refractivity contribution in [2.75, 3.05) is 73.7 Å². The molecule has 12 aromatic rings. The highest BCUT2D eigenvalue weighted by Gasteiger charge is 2.35. The van der Waals surface area contributed by atoms with Gasteiger partial charge < -0.3 is 75.6 Å². The molecule has 8 aromatic carbocycles. The molecule has 0 bridgehead atoms. The number of piperidine rings is 3. The summed E-state index contributed by atoms with van der Waals surface area (Å²) in [7, 11) is 4.58. The van der Waals surface area contributed by atoms with Crippen LogP contribution in [0.4, 0.5) is 0 Å². The number of nitrogens with zero attached hydrogens (tertiary/aromatic N) is 3. The van der Waals surface area contributed by atoms with Crippen LogP contribution in [-0.2, 0) is 47.8 Å². The van der Waals surface area contributed by atoms with Gasteiger partial charge in [0.15, 0.2) is 24.4 Å². The van der Waals surface area contributed by atoms with E-state index in [-0.39, 0.29) is 59.9 Å². The first-order valence-electron chi connectivity index (χ1n) is 41.2. The summed E-state index contributed by atoms with van der Waals surface area (Å²) in [5.74, 6) is 0.290. The van der Waals surface area contributed by atoms with E-state index in [4.69, 9.17) is 55.6 Å². The predicted octanol–water partition coefficient (Wildman–Crippen LogP) is 14.7. The molecule has 0 saturated carbocycles. The lowest BCUT2D eigenvalue weighted by Gasteiger charge is -2.33. The van der Waals surface area contributed by atoms with Gasteiger partial charge in [0.1, 0.15) is 51.1 Å². The van der Waals surface area contributed by atoms with Crippen molar-refractivity contribution >= 4 is 85.4 Å². The average Bonchev–Trinajstić information content (AvgIpc) is 0.800. The van der Waals surface area contributed by atoms with Gasteiger partial charge in [-0.1, -0.05) is 103 Å². The fraction of sp³-hybridized carbons (Fsp3) is 0.309. The van der Waals surface area contributed by atoms with Crippen molar-refractivity contribution in [2.24, 2.45) is 17.8 Å². The quantitative estimate of drug-likeness (QED) is 0.0374. The maximum absolute atomic E-state index is 13.0. The normalized spacial score (nSPS) is 15.4. The van der Waals surface area contributed by atoms with Crippen molar-refractivity contribution in [3.8, 4) is 73.3 Å². The summed E-state index contributed by atoms with van der Waals surface area (Å²) in [6.07, 6.45) is 1.18. The Balaban J connectivity index is 0.000000151. The zero-order chi connectivity index (χ0) is 88.1. The van der Waals surface area contributed by atoms with Crippen LogP contribution in [0.15, 0.2) is 249 Å². The van der Waals surface area contributed by atoms with E-state index in [0.29, 0.717) is 110 Å². The van der Waals surface area contributed by atoms with Crippen LogP contribution in [0, 0.1) is 17.8 Å². The average molecular weight is 1690 g/mol. The molecule has 3 saturated heterocycles. The van der Waals surface area contributed by atoms with E-state index in [0.717, 1.165) is 91.1 Å². The van der Waals surface area contributed by atoms with Gasteiger partial charge in [-0.3, -0.25) is 28.8 Å². The summed E-state index contributed by atoms with van der Waals surface area (Å²) in [4.78, 5) is 140. The van der Waals surface area contributed by atoms with E-state index in [2.05, 4.69) is 5.32 Å². The third-order valence-electron chi connectivity index (χ3n) is 21.5. The maximum Gasteiger partial charge on any atom is 0.347 e. The van der Waals surface area contributed by atoms with Gasteiger partial charge in [0.25, 0.3) is 17.7 Å². The van der Waals surface area contributed by atoms with E-state index < -0.39 is 52.9 Å². The molecule has 5 unspecified atom stereocenters. The number of carbonyl (C=O) groups is 7. The molecule has 644 valence electrons. The van der Waals surface area contributed by atoms with Gasteiger partial charge in [0.05, 0.1) is 45.2 Å². The number of benzene rings is 8.